The van der Waals surface area contributed by atoms with Gasteiger partial charge < -0.3 is 20.4 Å². The second kappa shape index (κ2) is 9.71. The fourth-order valence-corrected chi connectivity index (χ4v) is 4.10. The Morgan fingerprint density at radius 3 is 2.39 bits per heavy atom. The minimum absolute atomic E-state index is 0.0836. The normalized spacial score (nSPS) is 10.8. The number of rotatable bonds is 6. The zero-order valence-electron chi connectivity index (χ0n) is 19.5. The molecule has 0 aliphatic carbocycles. The molecule has 8 nitrogen and oxygen atoms in total. The molecule has 5 aromatic rings. The Labute approximate surface area is 207 Å². The number of amides is 1. The molecule has 3 aromatic carbocycles. The van der Waals surface area contributed by atoms with E-state index in [9.17, 15) is 15.0 Å². The minimum Gasteiger partial charge on any atom is -0.508 e. The molecular formula is C28H23N5O3. The fourth-order valence-electron chi connectivity index (χ4n) is 4.10. The highest BCUT2D eigenvalue weighted by atomic mass is 16.3. The quantitative estimate of drug-likeness (QED) is 0.316. The SMILES string of the molecule is CNc1nnc(-c2ccc(N(Cc3cccnc3)C(=O)c3ccc(O)cc3O)cc2)c2ccccc12. The van der Waals surface area contributed by atoms with E-state index in [2.05, 4.69) is 20.5 Å². The third kappa shape index (κ3) is 4.39. The topological polar surface area (TPSA) is 111 Å². The van der Waals surface area contributed by atoms with E-state index in [4.69, 9.17) is 0 Å². The van der Waals surface area contributed by atoms with Crippen molar-refractivity contribution < 1.29 is 15.0 Å². The lowest BCUT2D eigenvalue weighted by molar-refractivity contribution is 0.0982. The number of nitrogens with one attached hydrogen (secondary N) is 1. The molecule has 0 saturated heterocycles. The van der Waals surface area contributed by atoms with Gasteiger partial charge in [0.1, 0.15) is 17.2 Å². The monoisotopic (exact) mass is 477 g/mol. The average molecular weight is 478 g/mol. The number of hydrogen-bond acceptors (Lipinski definition) is 7. The van der Waals surface area contributed by atoms with Gasteiger partial charge in [0.05, 0.1) is 12.1 Å². The van der Waals surface area contributed by atoms with Crippen LogP contribution in [0.15, 0.2) is 91.3 Å². The molecule has 0 aliphatic rings. The lowest BCUT2D eigenvalue weighted by atomic mass is 10.0. The van der Waals surface area contributed by atoms with Gasteiger partial charge in [0, 0.05) is 47.5 Å². The van der Waals surface area contributed by atoms with Crippen LogP contribution in [0.2, 0.25) is 0 Å². The van der Waals surface area contributed by atoms with Crippen LogP contribution < -0.4 is 10.2 Å². The van der Waals surface area contributed by atoms with Crippen LogP contribution in [0.4, 0.5) is 11.5 Å². The molecule has 8 heteroatoms. The summed E-state index contributed by atoms with van der Waals surface area (Å²) < 4.78 is 0. The van der Waals surface area contributed by atoms with Crippen molar-refractivity contribution in [3.63, 3.8) is 0 Å². The Bertz CT molecular complexity index is 1540. The van der Waals surface area contributed by atoms with E-state index in [-0.39, 0.29) is 23.6 Å². The summed E-state index contributed by atoms with van der Waals surface area (Å²) in [6, 6.07) is 23.0. The summed E-state index contributed by atoms with van der Waals surface area (Å²) >= 11 is 0. The van der Waals surface area contributed by atoms with Gasteiger partial charge in [-0.05, 0) is 35.9 Å². The average Bonchev–Trinajstić information content (AvgIpc) is 2.91. The molecule has 3 N–H and O–H groups in total. The number of benzene rings is 3. The van der Waals surface area contributed by atoms with E-state index in [1.165, 1.54) is 12.1 Å². The number of pyridine rings is 1. The van der Waals surface area contributed by atoms with Gasteiger partial charge in [-0.25, -0.2) is 0 Å². The molecule has 0 unspecified atom stereocenters. The molecule has 0 atom stereocenters. The molecular weight excluding hydrogens is 454 g/mol. The predicted octanol–water partition coefficient (Wildman–Crippen LogP) is 4.99. The molecule has 0 fully saturated rings. The van der Waals surface area contributed by atoms with Gasteiger partial charge in [0.2, 0.25) is 0 Å². The van der Waals surface area contributed by atoms with Gasteiger partial charge in [0.15, 0.2) is 5.82 Å². The summed E-state index contributed by atoms with van der Waals surface area (Å²) in [6.45, 7) is 0.242. The first-order valence-corrected chi connectivity index (χ1v) is 11.3. The summed E-state index contributed by atoms with van der Waals surface area (Å²) in [4.78, 5) is 19.2. The minimum atomic E-state index is -0.410. The molecule has 0 aliphatic heterocycles. The van der Waals surface area contributed by atoms with Crippen molar-refractivity contribution in [1.29, 1.82) is 0 Å². The van der Waals surface area contributed by atoms with Crippen LogP contribution in [-0.2, 0) is 6.54 Å². The van der Waals surface area contributed by atoms with Crippen LogP contribution in [0.3, 0.4) is 0 Å². The number of phenols is 2. The largest absolute Gasteiger partial charge is 0.508 e. The first-order chi connectivity index (χ1) is 17.5. The van der Waals surface area contributed by atoms with E-state index < -0.39 is 5.91 Å². The van der Waals surface area contributed by atoms with Crippen molar-refractivity contribution in [3.05, 3.63) is 102 Å². The van der Waals surface area contributed by atoms with E-state index in [0.717, 1.165) is 33.7 Å². The highest BCUT2D eigenvalue weighted by molar-refractivity contribution is 6.08. The molecule has 2 heterocycles. The van der Waals surface area contributed by atoms with Crippen LogP contribution in [0.25, 0.3) is 22.0 Å². The molecule has 0 saturated carbocycles. The molecule has 0 radical (unpaired) electrons. The van der Waals surface area contributed by atoms with Crippen molar-refractivity contribution in [2.75, 3.05) is 17.3 Å². The van der Waals surface area contributed by atoms with Gasteiger partial charge in [-0.1, -0.05) is 42.5 Å². The van der Waals surface area contributed by atoms with Crippen molar-refractivity contribution in [3.8, 4) is 22.8 Å². The maximum Gasteiger partial charge on any atom is 0.262 e. The Balaban J connectivity index is 1.54. The highest BCUT2D eigenvalue weighted by Gasteiger charge is 2.22. The van der Waals surface area contributed by atoms with Gasteiger partial charge in [0.25, 0.3) is 5.91 Å². The van der Waals surface area contributed by atoms with Crippen LogP contribution in [0, 0.1) is 0 Å². The standard InChI is InChI=1S/C28H23N5O3/c1-29-27-23-7-3-2-6-22(23)26(31-32-27)19-8-10-20(11-9-19)33(17-18-5-4-14-30-16-18)28(36)24-13-12-21(34)15-25(24)35/h2-16,34-35H,17H2,1H3,(H,29,32). The number of carbonyl (C=O) groups is 1. The summed E-state index contributed by atoms with van der Waals surface area (Å²) in [6.07, 6.45) is 3.36. The van der Waals surface area contributed by atoms with E-state index in [1.54, 1.807) is 23.4 Å². The van der Waals surface area contributed by atoms with E-state index in [1.807, 2.05) is 61.6 Å². The summed E-state index contributed by atoms with van der Waals surface area (Å²) in [5, 5.41) is 33.7. The van der Waals surface area contributed by atoms with Crippen LogP contribution in [-0.4, -0.2) is 38.3 Å². The van der Waals surface area contributed by atoms with Gasteiger partial charge in [-0.2, -0.15) is 0 Å². The number of aromatic hydroxyl groups is 2. The Kier molecular flexibility index (Phi) is 6.15. The number of carbonyl (C=O) groups excluding carboxylic acids is 1. The summed E-state index contributed by atoms with van der Waals surface area (Å²) in [5.41, 5.74) is 3.13. The number of fused-ring (bicyclic) bond motifs is 1. The molecule has 0 spiro atoms. The molecule has 0 bridgehead atoms. The zero-order chi connectivity index (χ0) is 25.1. The third-order valence-corrected chi connectivity index (χ3v) is 5.90. The van der Waals surface area contributed by atoms with Crippen molar-refractivity contribution in [2.24, 2.45) is 0 Å². The number of anilines is 2. The second-order valence-corrected chi connectivity index (χ2v) is 8.19. The molecule has 1 amide bonds. The van der Waals surface area contributed by atoms with Crippen LogP contribution in [0.1, 0.15) is 15.9 Å². The zero-order valence-corrected chi connectivity index (χ0v) is 19.5. The lowest BCUT2D eigenvalue weighted by Gasteiger charge is -2.24. The molecule has 2 aromatic heterocycles. The first-order valence-electron chi connectivity index (χ1n) is 11.3. The Morgan fingerprint density at radius 1 is 0.917 bits per heavy atom. The van der Waals surface area contributed by atoms with Crippen LogP contribution in [0.5, 0.6) is 11.5 Å². The molecule has 36 heavy (non-hydrogen) atoms. The predicted molar refractivity (Wildman–Crippen MR) is 139 cm³/mol. The Hall–Kier alpha value is -4.98. The maximum atomic E-state index is 13.5. The van der Waals surface area contributed by atoms with Gasteiger partial charge in [-0.15, -0.1) is 10.2 Å². The first kappa shape index (κ1) is 22.8. The van der Waals surface area contributed by atoms with E-state index >= 15 is 0 Å². The Morgan fingerprint density at radius 2 is 1.69 bits per heavy atom. The highest BCUT2D eigenvalue weighted by Crippen LogP contribution is 2.32. The smallest absolute Gasteiger partial charge is 0.262 e. The fraction of sp³-hybridized carbons (Fsp3) is 0.0714. The van der Waals surface area contributed by atoms with Gasteiger partial charge in [-0.3, -0.25) is 9.78 Å². The van der Waals surface area contributed by atoms with E-state index in [0.29, 0.717) is 11.5 Å². The maximum absolute atomic E-state index is 13.5. The molecule has 178 valence electrons. The lowest BCUT2D eigenvalue weighted by Crippen LogP contribution is -2.30. The van der Waals surface area contributed by atoms with Crippen molar-refractivity contribution in [2.45, 2.75) is 6.54 Å². The summed E-state index contributed by atoms with van der Waals surface area (Å²) in [5.74, 6) is -0.121. The number of hydrogen-bond donors (Lipinski definition) is 3. The van der Waals surface area contributed by atoms with Crippen molar-refractivity contribution >= 4 is 28.2 Å². The number of phenolic OH excluding ortho intramolecular Hbond substituents is 2. The van der Waals surface area contributed by atoms with Crippen molar-refractivity contribution in [1.82, 2.24) is 15.2 Å². The molecule has 5 rings (SSSR count). The second-order valence-electron chi connectivity index (χ2n) is 8.19. The number of aromatic nitrogens is 3. The third-order valence-electron chi connectivity index (χ3n) is 5.90. The van der Waals surface area contributed by atoms with Crippen LogP contribution >= 0.6 is 0 Å². The number of nitrogens with zero attached hydrogens (tertiary/aromatic N) is 4. The summed E-state index contributed by atoms with van der Waals surface area (Å²) in [7, 11) is 1.81. The van der Waals surface area contributed by atoms with Gasteiger partial charge >= 0.3 is 0 Å².